The molecule has 0 saturated heterocycles. The molecule has 0 atom stereocenters. The van der Waals surface area contributed by atoms with Gasteiger partial charge in [0.2, 0.25) is 10.0 Å². The molecule has 0 heterocycles. The molecule has 0 amide bonds. The van der Waals surface area contributed by atoms with E-state index in [0.29, 0.717) is 0 Å². The maximum atomic E-state index is 11.6. The summed E-state index contributed by atoms with van der Waals surface area (Å²) >= 11 is 0. The summed E-state index contributed by atoms with van der Waals surface area (Å²) < 4.78 is 69.5. The summed E-state index contributed by atoms with van der Waals surface area (Å²) in [5.74, 6) is 0. The van der Waals surface area contributed by atoms with Crippen LogP contribution >= 0.6 is 10.7 Å². The first kappa shape index (κ1) is 17.2. The Kier molecular flexibility index (Phi) is 4.74. The van der Waals surface area contributed by atoms with Crippen LogP contribution in [0.5, 0.6) is 0 Å². The highest BCUT2D eigenvalue weighted by Gasteiger charge is 2.19. The lowest BCUT2D eigenvalue weighted by atomic mass is 10.2. The summed E-state index contributed by atoms with van der Waals surface area (Å²) in [6.07, 6.45) is 0.792. The van der Waals surface area contributed by atoms with Gasteiger partial charge in [-0.1, -0.05) is 0 Å². The monoisotopic (exact) mass is 361 g/mol. The molecule has 0 fully saturated rings. The van der Waals surface area contributed by atoms with Crippen molar-refractivity contribution in [3.05, 3.63) is 23.8 Å². The topological polar surface area (TPSA) is 114 Å². The van der Waals surface area contributed by atoms with E-state index in [1.54, 1.807) is 0 Å². The Hall–Kier alpha value is -0.840. The van der Waals surface area contributed by atoms with E-state index in [1.807, 2.05) is 4.72 Å². The summed E-state index contributed by atoms with van der Waals surface area (Å²) in [4.78, 5) is -0.148. The van der Waals surface area contributed by atoms with E-state index in [2.05, 4.69) is 0 Å². The SMILES string of the molecule is Cc1cc(NS(=O)(=O)CS(C)(=O)=O)ccc1S(=O)(=O)Cl. The molecule has 1 N–H and O–H groups in total. The van der Waals surface area contributed by atoms with Crippen LogP contribution in [-0.2, 0) is 28.9 Å². The molecule has 11 heteroatoms. The molecule has 1 aromatic rings. The summed E-state index contributed by atoms with van der Waals surface area (Å²) in [6.45, 7) is 1.43. The Balaban J connectivity index is 3.11. The van der Waals surface area contributed by atoms with Gasteiger partial charge in [0.15, 0.2) is 14.9 Å². The molecule has 7 nitrogen and oxygen atoms in total. The van der Waals surface area contributed by atoms with Crippen LogP contribution in [0, 0.1) is 6.92 Å². The highest BCUT2D eigenvalue weighted by Crippen LogP contribution is 2.23. The first-order valence-corrected chi connectivity index (χ1v) is 11.1. The molecule has 0 spiro atoms. The molecule has 0 bridgehead atoms. The lowest BCUT2D eigenvalue weighted by Crippen LogP contribution is -2.22. The smallest absolute Gasteiger partial charge is 0.261 e. The van der Waals surface area contributed by atoms with Crippen LogP contribution in [0.25, 0.3) is 0 Å². The number of nitrogens with one attached hydrogen (secondary N) is 1. The van der Waals surface area contributed by atoms with E-state index in [1.165, 1.54) is 19.1 Å². The fraction of sp³-hybridized carbons (Fsp3) is 0.333. The van der Waals surface area contributed by atoms with E-state index in [-0.39, 0.29) is 16.1 Å². The molecular weight excluding hydrogens is 350 g/mol. The van der Waals surface area contributed by atoms with E-state index in [9.17, 15) is 25.3 Å². The van der Waals surface area contributed by atoms with Crippen molar-refractivity contribution in [3.63, 3.8) is 0 Å². The zero-order valence-electron chi connectivity index (χ0n) is 10.5. The Labute approximate surface area is 122 Å². The molecule has 20 heavy (non-hydrogen) atoms. The Morgan fingerprint density at radius 2 is 1.65 bits per heavy atom. The number of aryl methyl sites for hydroxylation is 1. The molecule has 0 unspecified atom stereocenters. The molecule has 0 aromatic heterocycles. The summed E-state index contributed by atoms with van der Waals surface area (Å²) in [5, 5.41) is -1.06. The fourth-order valence-electron chi connectivity index (χ4n) is 1.48. The van der Waals surface area contributed by atoms with Gasteiger partial charge in [-0.05, 0) is 30.7 Å². The van der Waals surface area contributed by atoms with Gasteiger partial charge in [0.25, 0.3) is 9.05 Å². The van der Waals surface area contributed by atoms with E-state index < -0.39 is 34.0 Å². The van der Waals surface area contributed by atoms with Crippen LogP contribution in [0.4, 0.5) is 5.69 Å². The maximum absolute atomic E-state index is 11.6. The van der Waals surface area contributed by atoms with Crippen LogP contribution in [0.1, 0.15) is 5.56 Å². The van der Waals surface area contributed by atoms with Gasteiger partial charge < -0.3 is 0 Å². The Bertz CT molecular complexity index is 826. The Morgan fingerprint density at radius 3 is 2.05 bits per heavy atom. The van der Waals surface area contributed by atoms with Crippen molar-refractivity contribution in [1.82, 2.24) is 0 Å². The average molecular weight is 362 g/mol. The molecule has 1 rings (SSSR count). The highest BCUT2D eigenvalue weighted by molar-refractivity contribution is 8.13. The minimum absolute atomic E-state index is 0.0511. The van der Waals surface area contributed by atoms with E-state index in [4.69, 9.17) is 10.7 Å². The summed E-state index contributed by atoms with van der Waals surface area (Å²) in [5.41, 5.74) is 0.287. The minimum Gasteiger partial charge on any atom is -0.283 e. The molecule has 114 valence electrons. The van der Waals surface area contributed by atoms with Gasteiger partial charge in [0.05, 0.1) is 4.90 Å². The van der Waals surface area contributed by atoms with Gasteiger partial charge in [-0.15, -0.1) is 0 Å². The van der Waals surface area contributed by atoms with Gasteiger partial charge in [-0.3, -0.25) is 4.72 Å². The normalized spacial score (nSPS) is 13.2. The number of rotatable bonds is 5. The Morgan fingerprint density at radius 1 is 1.10 bits per heavy atom. The van der Waals surface area contributed by atoms with Gasteiger partial charge in [0, 0.05) is 22.6 Å². The second-order valence-electron chi connectivity index (χ2n) is 4.18. The molecular formula is C9H12ClNO6S3. The lowest BCUT2D eigenvalue weighted by Gasteiger charge is -2.09. The summed E-state index contributed by atoms with van der Waals surface area (Å²) in [7, 11) is -6.52. The number of sulfonamides is 1. The van der Waals surface area contributed by atoms with E-state index >= 15 is 0 Å². The van der Waals surface area contributed by atoms with Crippen LogP contribution in [-0.4, -0.2) is 36.6 Å². The fourth-order valence-corrected chi connectivity index (χ4v) is 5.65. The predicted molar refractivity (Wildman–Crippen MR) is 76.5 cm³/mol. The quantitative estimate of drug-likeness (QED) is 0.770. The molecule has 0 aliphatic heterocycles. The largest absolute Gasteiger partial charge is 0.283 e. The van der Waals surface area contributed by atoms with Crippen LogP contribution in [0.2, 0.25) is 0 Å². The average Bonchev–Trinajstić information content (AvgIpc) is 2.09. The third-order valence-electron chi connectivity index (χ3n) is 2.08. The summed E-state index contributed by atoms with van der Waals surface area (Å²) in [6, 6.07) is 3.56. The van der Waals surface area contributed by atoms with Gasteiger partial charge >= 0.3 is 0 Å². The number of hydrogen-bond acceptors (Lipinski definition) is 6. The number of hydrogen-bond donors (Lipinski definition) is 1. The second-order valence-corrected chi connectivity index (χ2v) is 10.9. The second kappa shape index (κ2) is 5.51. The van der Waals surface area contributed by atoms with Crippen molar-refractivity contribution in [2.75, 3.05) is 16.1 Å². The molecule has 0 aliphatic carbocycles. The molecule has 0 radical (unpaired) electrons. The van der Waals surface area contributed by atoms with E-state index in [0.717, 1.165) is 12.3 Å². The van der Waals surface area contributed by atoms with Crippen molar-refractivity contribution in [2.45, 2.75) is 11.8 Å². The standard InChI is InChI=1S/C9H12ClNO6S3/c1-7-5-8(3-4-9(7)20(10,16)17)11-19(14,15)6-18(2,12)13/h3-5,11H,6H2,1-2H3. The van der Waals surface area contributed by atoms with Crippen molar-refractivity contribution in [1.29, 1.82) is 0 Å². The number of anilines is 1. The number of halogens is 1. The maximum Gasteiger partial charge on any atom is 0.261 e. The zero-order valence-corrected chi connectivity index (χ0v) is 13.7. The predicted octanol–water partition coefficient (Wildman–Crippen LogP) is 0.666. The third-order valence-corrected chi connectivity index (χ3v) is 7.06. The van der Waals surface area contributed by atoms with Crippen LogP contribution in [0.3, 0.4) is 0 Å². The molecule has 0 saturated carbocycles. The number of sulfone groups is 1. The van der Waals surface area contributed by atoms with Crippen molar-refractivity contribution in [3.8, 4) is 0 Å². The number of benzene rings is 1. The van der Waals surface area contributed by atoms with Crippen molar-refractivity contribution >= 4 is 45.3 Å². The highest BCUT2D eigenvalue weighted by atomic mass is 35.7. The molecule has 1 aromatic carbocycles. The van der Waals surface area contributed by atoms with Gasteiger partial charge in [-0.2, -0.15) is 0 Å². The van der Waals surface area contributed by atoms with Crippen LogP contribution in [0.15, 0.2) is 23.1 Å². The third kappa shape index (κ3) is 5.27. The first-order chi connectivity index (χ1) is 8.80. The lowest BCUT2D eigenvalue weighted by molar-refractivity contribution is 0.594. The van der Waals surface area contributed by atoms with Gasteiger partial charge in [-0.25, -0.2) is 25.3 Å². The van der Waals surface area contributed by atoms with Crippen molar-refractivity contribution < 1.29 is 25.3 Å². The van der Waals surface area contributed by atoms with Crippen LogP contribution < -0.4 is 4.72 Å². The zero-order chi connectivity index (χ0) is 15.8. The van der Waals surface area contributed by atoms with Crippen molar-refractivity contribution in [2.24, 2.45) is 0 Å². The molecule has 0 aliphatic rings. The van der Waals surface area contributed by atoms with Gasteiger partial charge in [0.1, 0.15) is 0 Å². The first-order valence-electron chi connectivity index (χ1n) is 5.04. The minimum atomic E-state index is -4.08.